The monoisotopic (exact) mass is 425 g/mol. The Morgan fingerprint density at radius 1 is 0.719 bits per heavy atom. The van der Waals surface area contributed by atoms with E-state index in [-0.39, 0.29) is 5.69 Å². The van der Waals surface area contributed by atoms with E-state index in [1.807, 2.05) is 60.7 Å². The van der Waals surface area contributed by atoms with Gasteiger partial charge in [0.1, 0.15) is 11.5 Å². The third kappa shape index (κ3) is 4.99. The molecule has 0 aliphatic rings. The molecule has 0 unspecified atom stereocenters. The zero-order chi connectivity index (χ0) is 22.3. The predicted molar refractivity (Wildman–Crippen MR) is 120 cm³/mol. The van der Waals surface area contributed by atoms with Crippen LogP contribution in [0.5, 0.6) is 11.5 Å². The summed E-state index contributed by atoms with van der Waals surface area (Å²) in [5.41, 5.74) is 2.04. The van der Waals surface area contributed by atoms with Gasteiger partial charge in [-0.2, -0.15) is 0 Å². The second-order valence-electron chi connectivity index (χ2n) is 6.99. The summed E-state index contributed by atoms with van der Waals surface area (Å²) in [5.74, 6) is 0.355. The normalized spacial score (nSPS) is 10.5. The van der Waals surface area contributed by atoms with Gasteiger partial charge in [-0.3, -0.25) is 10.1 Å². The molecule has 0 saturated carbocycles. The molecule has 0 heterocycles. The van der Waals surface area contributed by atoms with E-state index in [1.165, 1.54) is 24.3 Å². The third-order valence-electron chi connectivity index (χ3n) is 4.78. The van der Waals surface area contributed by atoms with Gasteiger partial charge < -0.3 is 9.47 Å². The fraction of sp³-hybridized carbons (Fsp3) is 0.0385. The van der Waals surface area contributed by atoms with Crippen molar-refractivity contribution in [1.82, 2.24) is 0 Å². The second kappa shape index (κ2) is 9.57. The lowest BCUT2D eigenvalue weighted by Gasteiger charge is -2.19. The van der Waals surface area contributed by atoms with Crippen molar-refractivity contribution >= 4 is 11.7 Å². The van der Waals surface area contributed by atoms with Crippen molar-refractivity contribution in [2.75, 3.05) is 0 Å². The molecule has 0 saturated heterocycles. The fourth-order valence-electron chi connectivity index (χ4n) is 3.22. The van der Waals surface area contributed by atoms with Crippen LogP contribution in [-0.4, -0.2) is 10.9 Å². The fourth-order valence-corrected chi connectivity index (χ4v) is 3.22. The van der Waals surface area contributed by atoms with E-state index in [4.69, 9.17) is 9.47 Å². The molecule has 0 aliphatic heterocycles. The first-order valence-corrected chi connectivity index (χ1v) is 9.93. The van der Waals surface area contributed by atoms with Crippen LogP contribution in [0, 0.1) is 10.1 Å². The number of hydrogen-bond acceptors (Lipinski definition) is 5. The first-order valence-electron chi connectivity index (χ1n) is 9.93. The number of carbonyl (C=O) groups is 1. The topological polar surface area (TPSA) is 78.7 Å². The molecule has 0 bridgehead atoms. The van der Waals surface area contributed by atoms with Crippen molar-refractivity contribution in [3.05, 3.63) is 136 Å². The van der Waals surface area contributed by atoms with E-state index in [0.717, 1.165) is 11.1 Å². The first-order chi connectivity index (χ1) is 15.6. The SMILES string of the molecule is O=C(OC(c1ccccc1)c1ccccc1)c1cccc(Oc2ccc([N+](=O)[O-])cc2)c1. The number of nitro groups is 1. The van der Waals surface area contributed by atoms with Crippen molar-refractivity contribution < 1.29 is 19.2 Å². The molecule has 0 aromatic heterocycles. The lowest BCUT2D eigenvalue weighted by molar-refractivity contribution is -0.384. The van der Waals surface area contributed by atoms with Gasteiger partial charge in [-0.05, 0) is 41.5 Å². The van der Waals surface area contributed by atoms with Gasteiger partial charge in [-0.15, -0.1) is 0 Å². The van der Waals surface area contributed by atoms with E-state index in [9.17, 15) is 14.9 Å². The van der Waals surface area contributed by atoms with Crippen LogP contribution in [0.15, 0.2) is 109 Å². The Morgan fingerprint density at radius 2 is 1.31 bits per heavy atom. The molecule has 0 amide bonds. The van der Waals surface area contributed by atoms with Gasteiger partial charge in [-0.25, -0.2) is 4.79 Å². The third-order valence-corrected chi connectivity index (χ3v) is 4.78. The Kier molecular flexibility index (Phi) is 6.22. The first kappa shape index (κ1) is 20.8. The molecule has 0 atom stereocenters. The number of nitro benzene ring substituents is 1. The summed E-state index contributed by atoms with van der Waals surface area (Å²) in [7, 11) is 0. The molecule has 4 aromatic carbocycles. The molecular weight excluding hydrogens is 406 g/mol. The minimum Gasteiger partial charge on any atom is -0.457 e. The highest BCUT2D eigenvalue weighted by Crippen LogP contribution is 2.29. The Balaban J connectivity index is 1.54. The van der Waals surface area contributed by atoms with Gasteiger partial charge in [0.25, 0.3) is 5.69 Å². The van der Waals surface area contributed by atoms with Crippen LogP contribution in [-0.2, 0) is 4.74 Å². The maximum Gasteiger partial charge on any atom is 0.339 e. The standard InChI is InChI=1S/C26H19NO5/c28-26(32-25(19-8-3-1-4-9-19)20-10-5-2-6-11-20)21-12-7-13-24(18-21)31-23-16-14-22(15-17-23)27(29)30/h1-18,25H. The Labute approximate surface area is 184 Å². The molecule has 0 fully saturated rings. The highest BCUT2D eigenvalue weighted by molar-refractivity contribution is 5.90. The van der Waals surface area contributed by atoms with Crippen molar-refractivity contribution in [2.45, 2.75) is 6.10 Å². The van der Waals surface area contributed by atoms with Gasteiger partial charge in [-0.1, -0.05) is 66.7 Å². The van der Waals surface area contributed by atoms with Gasteiger partial charge in [0.15, 0.2) is 6.10 Å². The van der Waals surface area contributed by atoms with Crippen LogP contribution < -0.4 is 4.74 Å². The van der Waals surface area contributed by atoms with Crippen LogP contribution in [0.1, 0.15) is 27.6 Å². The van der Waals surface area contributed by atoms with E-state index in [1.54, 1.807) is 24.3 Å². The molecule has 0 aliphatic carbocycles. The summed E-state index contributed by atoms with van der Waals surface area (Å²) in [6.45, 7) is 0. The van der Waals surface area contributed by atoms with E-state index >= 15 is 0 Å². The van der Waals surface area contributed by atoms with E-state index in [0.29, 0.717) is 17.1 Å². The molecule has 0 N–H and O–H groups in total. The second-order valence-corrected chi connectivity index (χ2v) is 6.99. The number of non-ortho nitro benzene ring substituents is 1. The molecule has 4 aromatic rings. The van der Waals surface area contributed by atoms with Crippen LogP contribution in [0.3, 0.4) is 0 Å². The zero-order valence-electron chi connectivity index (χ0n) is 17.0. The lowest BCUT2D eigenvalue weighted by Crippen LogP contribution is -2.13. The van der Waals surface area contributed by atoms with Crippen LogP contribution in [0.4, 0.5) is 5.69 Å². The van der Waals surface area contributed by atoms with Crippen molar-refractivity contribution in [2.24, 2.45) is 0 Å². The number of carbonyl (C=O) groups excluding carboxylic acids is 1. The Hall–Kier alpha value is -4.45. The Morgan fingerprint density at radius 3 is 1.88 bits per heavy atom. The predicted octanol–water partition coefficient (Wildman–Crippen LogP) is 6.33. The highest BCUT2D eigenvalue weighted by atomic mass is 16.6. The number of ether oxygens (including phenoxy) is 2. The van der Waals surface area contributed by atoms with Crippen LogP contribution >= 0.6 is 0 Å². The molecule has 158 valence electrons. The highest BCUT2D eigenvalue weighted by Gasteiger charge is 2.20. The lowest BCUT2D eigenvalue weighted by atomic mass is 10.0. The smallest absolute Gasteiger partial charge is 0.339 e. The summed E-state index contributed by atoms with van der Waals surface area (Å²) in [4.78, 5) is 23.3. The van der Waals surface area contributed by atoms with Gasteiger partial charge >= 0.3 is 5.97 Å². The van der Waals surface area contributed by atoms with Gasteiger partial charge in [0, 0.05) is 12.1 Å². The molecule has 6 heteroatoms. The average molecular weight is 425 g/mol. The zero-order valence-corrected chi connectivity index (χ0v) is 17.0. The summed E-state index contributed by atoms with van der Waals surface area (Å²) in [6, 6.07) is 31.4. The maximum absolute atomic E-state index is 13.0. The summed E-state index contributed by atoms with van der Waals surface area (Å²) >= 11 is 0. The molecule has 0 radical (unpaired) electrons. The van der Waals surface area contributed by atoms with Crippen LogP contribution in [0.25, 0.3) is 0 Å². The number of nitrogens with zero attached hydrogens (tertiary/aromatic N) is 1. The van der Waals surface area contributed by atoms with Crippen LogP contribution in [0.2, 0.25) is 0 Å². The van der Waals surface area contributed by atoms with Gasteiger partial charge in [0.05, 0.1) is 10.5 Å². The molecular formula is C26H19NO5. The quantitative estimate of drug-likeness (QED) is 0.196. The molecule has 0 spiro atoms. The van der Waals surface area contributed by atoms with Crippen molar-refractivity contribution in [1.29, 1.82) is 0 Å². The summed E-state index contributed by atoms with van der Waals surface area (Å²) in [5, 5.41) is 10.8. The number of benzene rings is 4. The number of rotatable bonds is 7. The summed E-state index contributed by atoms with van der Waals surface area (Å²) in [6.07, 6.45) is -0.552. The minimum atomic E-state index is -0.552. The largest absolute Gasteiger partial charge is 0.457 e. The van der Waals surface area contributed by atoms with E-state index in [2.05, 4.69) is 0 Å². The Bertz CT molecular complexity index is 1170. The molecule has 6 nitrogen and oxygen atoms in total. The van der Waals surface area contributed by atoms with Crippen molar-refractivity contribution in [3.8, 4) is 11.5 Å². The molecule has 32 heavy (non-hydrogen) atoms. The minimum absolute atomic E-state index is 0.0254. The van der Waals surface area contributed by atoms with Gasteiger partial charge in [0.2, 0.25) is 0 Å². The number of hydrogen-bond donors (Lipinski definition) is 0. The molecule has 4 rings (SSSR count). The summed E-state index contributed by atoms with van der Waals surface area (Å²) < 4.78 is 11.6. The average Bonchev–Trinajstić information content (AvgIpc) is 2.84. The van der Waals surface area contributed by atoms with Crippen molar-refractivity contribution in [3.63, 3.8) is 0 Å². The maximum atomic E-state index is 13.0. The van der Waals surface area contributed by atoms with E-state index < -0.39 is 17.0 Å². The number of esters is 1.